The fourth-order valence-corrected chi connectivity index (χ4v) is 3.88. The van der Waals surface area contributed by atoms with Gasteiger partial charge >= 0.3 is 5.97 Å². The lowest BCUT2D eigenvalue weighted by Crippen LogP contribution is -2.36. The summed E-state index contributed by atoms with van der Waals surface area (Å²) in [6, 6.07) is 9.00. The van der Waals surface area contributed by atoms with Crippen molar-refractivity contribution in [1.29, 1.82) is 0 Å². The van der Waals surface area contributed by atoms with Crippen LogP contribution in [0.4, 0.5) is 4.39 Å². The van der Waals surface area contributed by atoms with Crippen molar-refractivity contribution in [3.05, 3.63) is 80.3 Å². The Bertz CT molecular complexity index is 1240. The third-order valence-corrected chi connectivity index (χ3v) is 6.14. The molecule has 2 unspecified atom stereocenters. The van der Waals surface area contributed by atoms with E-state index in [1.807, 2.05) is 0 Å². The largest absolute Gasteiger partial charge is 0.480 e. The van der Waals surface area contributed by atoms with Crippen LogP contribution in [0.2, 0.25) is 5.02 Å². The molecule has 0 spiro atoms. The van der Waals surface area contributed by atoms with Crippen molar-refractivity contribution >= 4 is 34.4 Å². The number of carbonyl (C=O) groups is 2. The number of carboxylic acid groups (broad SMARTS) is 1. The lowest BCUT2D eigenvalue weighted by molar-refractivity contribution is -0.139. The first-order valence-corrected chi connectivity index (χ1v) is 11.4. The van der Waals surface area contributed by atoms with Gasteiger partial charge in [0.15, 0.2) is 0 Å². The summed E-state index contributed by atoms with van der Waals surface area (Å²) >= 11 is 5.86. The van der Waals surface area contributed by atoms with Crippen LogP contribution < -0.4 is 16.5 Å². The fourth-order valence-electron chi connectivity index (χ4n) is 3.75. The smallest absolute Gasteiger partial charge is 0.320 e. The van der Waals surface area contributed by atoms with E-state index in [1.54, 1.807) is 37.3 Å². The maximum atomic E-state index is 14.6. The molecule has 7 nitrogen and oxygen atoms in total. The number of fused-ring (bicyclic) bond motifs is 1. The highest BCUT2D eigenvalue weighted by atomic mass is 35.5. The van der Waals surface area contributed by atoms with Crippen LogP contribution in [0.1, 0.15) is 47.7 Å². The molecule has 2 aromatic carbocycles. The Morgan fingerprint density at radius 1 is 1.18 bits per heavy atom. The lowest BCUT2D eigenvalue weighted by Gasteiger charge is -2.15. The number of benzene rings is 2. The van der Waals surface area contributed by atoms with E-state index in [4.69, 9.17) is 22.4 Å². The number of amides is 1. The summed E-state index contributed by atoms with van der Waals surface area (Å²) in [5.41, 5.74) is 6.47. The second-order valence-electron chi connectivity index (χ2n) is 8.43. The SMILES string of the molecule is CC(CCCCc1cc(F)c2[nH]cc(C(=O)NCc3ccc(Cl)cc3)c(=O)c2c1)C(N)C(=O)O. The molecule has 1 amide bonds. The number of unbranched alkanes of at least 4 members (excludes halogenated alkanes) is 1. The molecule has 1 aromatic heterocycles. The number of rotatable bonds is 10. The molecule has 0 radical (unpaired) electrons. The average Bonchev–Trinajstić information content (AvgIpc) is 2.81. The summed E-state index contributed by atoms with van der Waals surface area (Å²) in [5, 5.41) is 12.4. The molecule has 0 saturated heterocycles. The van der Waals surface area contributed by atoms with E-state index in [1.165, 1.54) is 12.3 Å². The summed E-state index contributed by atoms with van der Waals surface area (Å²) in [6.07, 6.45) is 3.75. The Hall–Kier alpha value is -3.23. The van der Waals surface area contributed by atoms with Crippen molar-refractivity contribution in [3.63, 3.8) is 0 Å². The standard InChI is InChI=1S/C25H27ClFN3O4/c1-14(21(28)25(33)34)4-2-3-5-16-10-18-22(20(27)11-16)29-13-19(23(18)31)24(32)30-12-15-6-8-17(26)9-7-15/h6-11,13-14,21H,2-5,12,28H2,1H3,(H,29,31)(H,30,32)(H,33,34). The second-order valence-corrected chi connectivity index (χ2v) is 8.86. The Morgan fingerprint density at radius 2 is 1.88 bits per heavy atom. The minimum atomic E-state index is -1.03. The zero-order valence-corrected chi connectivity index (χ0v) is 19.5. The third-order valence-electron chi connectivity index (χ3n) is 5.88. The predicted molar refractivity (Wildman–Crippen MR) is 129 cm³/mol. The number of nitrogens with two attached hydrogens (primary N) is 1. The number of hydrogen-bond donors (Lipinski definition) is 4. The number of aromatic nitrogens is 1. The highest BCUT2D eigenvalue weighted by Crippen LogP contribution is 2.19. The monoisotopic (exact) mass is 487 g/mol. The van der Waals surface area contributed by atoms with Crippen LogP contribution in [0.3, 0.4) is 0 Å². The van der Waals surface area contributed by atoms with Crippen LogP contribution >= 0.6 is 11.6 Å². The zero-order chi connectivity index (χ0) is 24.8. The number of halogens is 2. The molecule has 3 rings (SSSR count). The Kier molecular flexibility index (Phi) is 8.41. The number of pyridine rings is 1. The summed E-state index contributed by atoms with van der Waals surface area (Å²) in [6.45, 7) is 2.00. The summed E-state index contributed by atoms with van der Waals surface area (Å²) in [5.74, 6) is -2.34. The minimum absolute atomic E-state index is 0.0454. The van der Waals surface area contributed by atoms with Gasteiger partial charge in [-0.25, -0.2) is 4.39 Å². The highest BCUT2D eigenvalue weighted by Gasteiger charge is 2.19. The first-order chi connectivity index (χ1) is 16.2. The molecule has 0 saturated carbocycles. The van der Waals surface area contributed by atoms with E-state index in [0.717, 1.165) is 5.56 Å². The van der Waals surface area contributed by atoms with E-state index < -0.39 is 29.2 Å². The number of aliphatic carboxylic acids is 1. The Balaban J connectivity index is 1.69. The molecule has 0 bridgehead atoms. The van der Waals surface area contributed by atoms with Gasteiger partial charge in [-0.05, 0) is 60.6 Å². The van der Waals surface area contributed by atoms with E-state index >= 15 is 0 Å². The molecule has 0 aliphatic heterocycles. The summed E-state index contributed by atoms with van der Waals surface area (Å²) in [4.78, 5) is 39.2. The molecule has 34 heavy (non-hydrogen) atoms. The lowest BCUT2D eigenvalue weighted by atomic mass is 9.95. The molecule has 0 aliphatic carbocycles. The van der Waals surface area contributed by atoms with Crippen LogP contribution in [0, 0.1) is 11.7 Å². The van der Waals surface area contributed by atoms with E-state index in [9.17, 15) is 18.8 Å². The summed E-state index contributed by atoms with van der Waals surface area (Å²) in [7, 11) is 0. The zero-order valence-electron chi connectivity index (χ0n) is 18.7. The van der Waals surface area contributed by atoms with Crippen LogP contribution in [0.5, 0.6) is 0 Å². The van der Waals surface area contributed by atoms with Crippen LogP contribution in [0.15, 0.2) is 47.4 Å². The number of nitrogens with one attached hydrogen (secondary N) is 2. The van der Waals surface area contributed by atoms with Gasteiger partial charge in [0.1, 0.15) is 17.4 Å². The molecular weight excluding hydrogens is 461 g/mol. The number of aryl methyl sites for hydroxylation is 1. The van der Waals surface area contributed by atoms with Crippen molar-refractivity contribution in [1.82, 2.24) is 10.3 Å². The summed E-state index contributed by atoms with van der Waals surface area (Å²) < 4.78 is 14.6. The van der Waals surface area contributed by atoms with E-state index in [-0.39, 0.29) is 28.9 Å². The van der Waals surface area contributed by atoms with Crippen molar-refractivity contribution < 1.29 is 19.1 Å². The quantitative estimate of drug-likeness (QED) is 0.321. The number of carbonyl (C=O) groups excluding carboxylic acids is 1. The number of hydrogen-bond acceptors (Lipinski definition) is 4. The maximum absolute atomic E-state index is 14.6. The first-order valence-electron chi connectivity index (χ1n) is 11.0. The van der Waals surface area contributed by atoms with E-state index in [2.05, 4.69) is 10.3 Å². The van der Waals surface area contributed by atoms with Gasteiger partial charge in [-0.1, -0.05) is 37.1 Å². The van der Waals surface area contributed by atoms with Crippen molar-refractivity contribution in [2.75, 3.05) is 0 Å². The van der Waals surface area contributed by atoms with Crippen molar-refractivity contribution in [3.8, 4) is 0 Å². The van der Waals surface area contributed by atoms with Crippen molar-refractivity contribution in [2.45, 2.75) is 45.2 Å². The molecule has 0 fully saturated rings. The van der Waals surface area contributed by atoms with Gasteiger partial charge in [0.05, 0.1) is 5.52 Å². The van der Waals surface area contributed by atoms with Gasteiger partial charge in [-0.3, -0.25) is 14.4 Å². The minimum Gasteiger partial charge on any atom is -0.480 e. The van der Waals surface area contributed by atoms with Gasteiger partial charge in [0.2, 0.25) is 5.43 Å². The first kappa shape index (κ1) is 25.4. The molecule has 180 valence electrons. The number of carboxylic acids is 1. The molecule has 1 heterocycles. The molecule has 2 atom stereocenters. The van der Waals surface area contributed by atoms with Crippen LogP contribution in [-0.2, 0) is 17.8 Å². The third kappa shape index (κ3) is 6.21. The van der Waals surface area contributed by atoms with E-state index in [0.29, 0.717) is 36.3 Å². The molecule has 3 aromatic rings. The Labute approximate surface area is 201 Å². The number of aromatic amines is 1. The molecule has 0 aliphatic rings. The fraction of sp³-hybridized carbons (Fsp3) is 0.320. The van der Waals surface area contributed by atoms with Gasteiger partial charge in [-0.15, -0.1) is 0 Å². The topological polar surface area (TPSA) is 125 Å². The molecule has 5 N–H and O–H groups in total. The van der Waals surface area contributed by atoms with Crippen LogP contribution in [-0.4, -0.2) is 28.0 Å². The second kappa shape index (κ2) is 11.3. The van der Waals surface area contributed by atoms with Crippen LogP contribution in [0.25, 0.3) is 10.9 Å². The maximum Gasteiger partial charge on any atom is 0.320 e. The van der Waals surface area contributed by atoms with Gasteiger partial charge in [-0.2, -0.15) is 0 Å². The predicted octanol–water partition coefficient (Wildman–Crippen LogP) is 4.01. The average molecular weight is 488 g/mol. The number of H-pyrrole nitrogens is 1. The molecule has 9 heteroatoms. The van der Waals surface area contributed by atoms with Gasteiger partial charge in [0.25, 0.3) is 5.91 Å². The molecular formula is C25H27ClFN3O4. The highest BCUT2D eigenvalue weighted by molar-refractivity contribution is 6.30. The Morgan fingerprint density at radius 3 is 2.56 bits per heavy atom. The van der Waals surface area contributed by atoms with Gasteiger partial charge < -0.3 is 21.1 Å². The normalized spacial score (nSPS) is 12.9. The van der Waals surface area contributed by atoms with Gasteiger partial charge in [0, 0.05) is 23.2 Å². The van der Waals surface area contributed by atoms with Crippen molar-refractivity contribution in [2.24, 2.45) is 11.7 Å².